The summed E-state index contributed by atoms with van der Waals surface area (Å²) in [6.07, 6.45) is 38.3. The number of carbonyl (C=O) groups excluding carboxylic acids is 2. The zero-order chi connectivity index (χ0) is 27.1. The molecule has 0 amide bonds. The summed E-state index contributed by atoms with van der Waals surface area (Å²) in [4.78, 5) is 24.2. The van der Waals surface area contributed by atoms with Gasteiger partial charge in [-0.25, -0.2) is 0 Å². The van der Waals surface area contributed by atoms with Gasteiger partial charge in [0.1, 0.15) is 11.6 Å². The molecule has 0 N–H and O–H groups in total. The van der Waals surface area contributed by atoms with Crippen LogP contribution in [0.15, 0.2) is 0 Å². The Morgan fingerprint density at radius 2 is 0.459 bits per heavy atom. The molecule has 0 bridgehead atoms. The van der Waals surface area contributed by atoms with Crippen molar-refractivity contribution in [1.82, 2.24) is 0 Å². The summed E-state index contributed by atoms with van der Waals surface area (Å²) in [6.45, 7) is 4.55. The van der Waals surface area contributed by atoms with Gasteiger partial charge in [-0.3, -0.25) is 9.59 Å². The van der Waals surface area contributed by atoms with E-state index in [1.165, 1.54) is 154 Å². The van der Waals surface area contributed by atoms with Crippen LogP contribution in [0.25, 0.3) is 0 Å². The Bertz CT molecular complexity index is 470. The molecule has 37 heavy (non-hydrogen) atoms. The van der Waals surface area contributed by atoms with Gasteiger partial charge >= 0.3 is 0 Å². The molecule has 0 atom stereocenters. The second-order valence-corrected chi connectivity index (χ2v) is 11.9. The molecule has 0 saturated carbocycles. The van der Waals surface area contributed by atoms with E-state index in [4.69, 9.17) is 0 Å². The van der Waals surface area contributed by atoms with Gasteiger partial charge in [0.05, 0.1) is 0 Å². The van der Waals surface area contributed by atoms with Crippen LogP contribution in [0.4, 0.5) is 0 Å². The van der Waals surface area contributed by atoms with Gasteiger partial charge < -0.3 is 0 Å². The molecule has 0 aliphatic rings. The van der Waals surface area contributed by atoms with Gasteiger partial charge in [0.2, 0.25) is 0 Å². The summed E-state index contributed by atoms with van der Waals surface area (Å²) < 4.78 is 0. The van der Waals surface area contributed by atoms with Crippen molar-refractivity contribution >= 4 is 11.6 Å². The summed E-state index contributed by atoms with van der Waals surface area (Å²) in [6, 6.07) is 0. The highest BCUT2D eigenvalue weighted by molar-refractivity contribution is 5.81. The lowest BCUT2D eigenvalue weighted by atomic mass is 10.0. The van der Waals surface area contributed by atoms with Gasteiger partial charge in [-0.05, 0) is 19.3 Å². The van der Waals surface area contributed by atoms with Crippen LogP contribution in [-0.4, -0.2) is 11.6 Å². The Morgan fingerprint density at radius 3 is 0.703 bits per heavy atom. The summed E-state index contributed by atoms with van der Waals surface area (Å²) in [5, 5.41) is 0. The number of carbonyl (C=O) groups is 2. The molecule has 0 aliphatic carbocycles. The highest BCUT2D eigenvalue weighted by Crippen LogP contribution is 2.15. The van der Waals surface area contributed by atoms with Crippen molar-refractivity contribution in [2.24, 2.45) is 0 Å². The van der Waals surface area contributed by atoms with Crippen molar-refractivity contribution in [3.05, 3.63) is 0 Å². The minimum atomic E-state index is 0.371. The second-order valence-electron chi connectivity index (χ2n) is 11.9. The molecule has 0 aromatic rings. The molecular weight excluding hydrogens is 452 g/mol. The largest absolute Gasteiger partial charge is 0.300 e. The topological polar surface area (TPSA) is 34.1 Å². The highest BCUT2D eigenvalue weighted by Gasteiger charge is 2.06. The third kappa shape index (κ3) is 31.5. The molecule has 0 unspecified atom stereocenters. The molecule has 2 nitrogen and oxygen atoms in total. The SMILES string of the molecule is CCCCCCCCCCCCCCCCCC(=O)CCCC(=O)CCCCCCCCCCCCC. The molecule has 0 heterocycles. The zero-order valence-electron chi connectivity index (χ0n) is 25.7. The summed E-state index contributed by atoms with van der Waals surface area (Å²) >= 11 is 0. The van der Waals surface area contributed by atoms with Crippen LogP contribution in [-0.2, 0) is 9.59 Å². The molecule has 0 fully saturated rings. The average molecular weight is 521 g/mol. The molecule has 0 rings (SSSR count). The fourth-order valence-electron chi connectivity index (χ4n) is 5.41. The van der Waals surface area contributed by atoms with Crippen LogP contribution in [0.3, 0.4) is 0 Å². The number of hydrogen-bond acceptors (Lipinski definition) is 2. The monoisotopic (exact) mass is 521 g/mol. The van der Waals surface area contributed by atoms with Crippen LogP contribution in [0.1, 0.15) is 213 Å². The van der Waals surface area contributed by atoms with Gasteiger partial charge in [0, 0.05) is 25.7 Å². The van der Waals surface area contributed by atoms with Crippen molar-refractivity contribution in [2.45, 2.75) is 213 Å². The van der Waals surface area contributed by atoms with Crippen LogP contribution < -0.4 is 0 Å². The lowest BCUT2D eigenvalue weighted by molar-refractivity contribution is -0.120. The maximum absolute atomic E-state index is 12.1. The van der Waals surface area contributed by atoms with Crippen LogP contribution in [0.5, 0.6) is 0 Å². The normalized spacial score (nSPS) is 11.3. The van der Waals surface area contributed by atoms with Crippen molar-refractivity contribution in [1.29, 1.82) is 0 Å². The minimum Gasteiger partial charge on any atom is -0.300 e. The molecule has 0 aliphatic heterocycles. The first-order valence-corrected chi connectivity index (χ1v) is 17.2. The Kier molecular flexibility index (Phi) is 31.0. The van der Waals surface area contributed by atoms with Crippen LogP contribution >= 0.6 is 0 Å². The maximum atomic E-state index is 12.1. The fourth-order valence-corrected chi connectivity index (χ4v) is 5.41. The first-order valence-electron chi connectivity index (χ1n) is 17.2. The number of rotatable bonds is 32. The van der Waals surface area contributed by atoms with Crippen molar-refractivity contribution in [3.8, 4) is 0 Å². The van der Waals surface area contributed by atoms with Crippen molar-refractivity contribution < 1.29 is 9.59 Å². The molecule has 2 heteroatoms. The van der Waals surface area contributed by atoms with Gasteiger partial charge in [0.25, 0.3) is 0 Å². The number of ketones is 2. The van der Waals surface area contributed by atoms with Gasteiger partial charge in [-0.15, -0.1) is 0 Å². The minimum absolute atomic E-state index is 0.371. The molecule has 220 valence electrons. The summed E-state index contributed by atoms with van der Waals surface area (Å²) in [5.74, 6) is 0.743. The number of unbranched alkanes of at least 4 members (excludes halogenated alkanes) is 24. The predicted octanol–water partition coefficient (Wildman–Crippen LogP) is 12.3. The average Bonchev–Trinajstić information content (AvgIpc) is 2.89. The first-order chi connectivity index (χ1) is 18.2. The highest BCUT2D eigenvalue weighted by atomic mass is 16.1. The lowest BCUT2D eigenvalue weighted by Gasteiger charge is -2.04. The van der Waals surface area contributed by atoms with E-state index in [0.29, 0.717) is 24.4 Å². The molecule has 0 aromatic heterocycles. The van der Waals surface area contributed by atoms with Gasteiger partial charge in [0.15, 0.2) is 0 Å². The number of hydrogen-bond donors (Lipinski definition) is 0. The third-order valence-electron chi connectivity index (χ3n) is 8.03. The molecule has 0 spiro atoms. The van der Waals surface area contributed by atoms with Crippen LogP contribution in [0.2, 0.25) is 0 Å². The number of Topliss-reactive ketones (excluding diaryl/α,β-unsaturated/α-hetero) is 2. The van der Waals surface area contributed by atoms with Crippen LogP contribution in [0, 0.1) is 0 Å². The standard InChI is InChI=1S/C35H68O2/c1-3-5-7-9-11-13-15-16-17-18-20-22-24-26-28-31-35(37)33-29-32-34(36)30-27-25-23-21-19-14-12-10-8-6-4-2/h3-33H2,1-2H3. The fraction of sp³-hybridized carbons (Fsp3) is 0.943. The quantitative estimate of drug-likeness (QED) is 0.0826. The smallest absolute Gasteiger partial charge is 0.132 e. The van der Waals surface area contributed by atoms with E-state index in [2.05, 4.69) is 13.8 Å². The summed E-state index contributed by atoms with van der Waals surface area (Å²) in [7, 11) is 0. The van der Waals surface area contributed by atoms with E-state index in [1.807, 2.05) is 0 Å². The zero-order valence-corrected chi connectivity index (χ0v) is 25.7. The molecular formula is C35H68O2. The van der Waals surface area contributed by atoms with E-state index < -0.39 is 0 Å². The Labute approximate surface area is 233 Å². The third-order valence-corrected chi connectivity index (χ3v) is 8.03. The van der Waals surface area contributed by atoms with Crippen molar-refractivity contribution in [3.63, 3.8) is 0 Å². The predicted molar refractivity (Wildman–Crippen MR) is 164 cm³/mol. The lowest BCUT2D eigenvalue weighted by Crippen LogP contribution is -2.02. The van der Waals surface area contributed by atoms with E-state index >= 15 is 0 Å². The van der Waals surface area contributed by atoms with E-state index in [1.54, 1.807) is 0 Å². The van der Waals surface area contributed by atoms with E-state index in [0.717, 1.165) is 32.1 Å². The van der Waals surface area contributed by atoms with E-state index in [9.17, 15) is 9.59 Å². The van der Waals surface area contributed by atoms with Gasteiger partial charge in [-0.2, -0.15) is 0 Å². The Balaban J connectivity index is 3.27. The first kappa shape index (κ1) is 36.3. The summed E-state index contributed by atoms with van der Waals surface area (Å²) in [5.41, 5.74) is 0. The second kappa shape index (κ2) is 31.6. The van der Waals surface area contributed by atoms with Gasteiger partial charge in [-0.1, -0.05) is 168 Å². The Morgan fingerprint density at radius 1 is 0.270 bits per heavy atom. The van der Waals surface area contributed by atoms with Crippen molar-refractivity contribution in [2.75, 3.05) is 0 Å². The molecule has 0 aromatic carbocycles. The maximum Gasteiger partial charge on any atom is 0.132 e. The molecule has 0 saturated heterocycles. The van der Waals surface area contributed by atoms with E-state index in [-0.39, 0.29) is 0 Å². The Hall–Kier alpha value is -0.660. The molecule has 0 radical (unpaired) electrons.